The molecule has 0 aromatic heterocycles. The lowest BCUT2D eigenvalue weighted by Crippen LogP contribution is -2.43. The van der Waals surface area contributed by atoms with Crippen molar-refractivity contribution in [1.82, 2.24) is 5.32 Å². The van der Waals surface area contributed by atoms with Crippen LogP contribution in [0.1, 0.15) is 136 Å². The third-order valence-corrected chi connectivity index (χ3v) is 8.14. The first kappa shape index (κ1) is 44.7. The number of carbonyl (C=O) groups excluding carboxylic acids is 2. The zero-order valence-electron chi connectivity index (χ0n) is 28.8. The van der Waals surface area contributed by atoms with E-state index in [1.54, 1.807) is 0 Å². The van der Waals surface area contributed by atoms with Gasteiger partial charge in [-0.25, -0.2) is 9.36 Å². The van der Waals surface area contributed by atoms with E-state index >= 15 is 0 Å². The minimum atomic E-state index is -4.75. The fourth-order valence-electron chi connectivity index (χ4n) is 4.44. The number of unbranched alkanes of at least 4 members (excludes halogenated alkanes) is 12. The van der Waals surface area contributed by atoms with Crippen molar-refractivity contribution in [3.8, 4) is 0 Å². The van der Waals surface area contributed by atoms with E-state index in [-0.39, 0.29) is 12.8 Å². The van der Waals surface area contributed by atoms with Crippen LogP contribution in [0.2, 0.25) is 0 Å². The number of aliphatic hydroxyl groups is 1. The van der Waals surface area contributed by atoms with Crippen molar-refractivity contribution in [1.29, 1.82) is 0 Å². The minimum Gasteiger partial charge on any atom is -0.480 e. The molecule has 3 atom stereocenters. The molecule has 3 unspecified atom stereocenters. The fourth-order valence-corrected chi connectivity index (χ4v) is 5.22. The Balaban J connectivity index is 4.04. The van der Waals surface area contributed by atoms with Crippen molar-refractivity contribution in [2.24, 2.45) is 0 Å². The summed E-state index contributed by atoms with van der Waals surface area (Å²) in [6.07, 6.45) is 29.1. The van der Waals surface area contributed by atoms with Gasteiger partial charge in [-0.15, -0.1) is 0 Å². The molecule has 0 saturated carbocycles. The number of ether oxygens (including phenoxy) is 1. The number of carboxylic acids is 1. The predicted molar refractivity (Wildman–Crippen MR) is 185 cm³/mol. The number of rotatable bonds is 32. The van der Waals surface area contributed by atoms with Crippen LogP contribution in [0, 0.1) is 0 Å². The number of carboxylic acid groups (broad SMARTS) is 1. The summed E-state index contributed by atoms with van der Waals surface area (Å²) in [6.45, 7) is 2.38. The van der Waals surface area contributed by atoms with Crippen LogP contribution < -0.4 is 5.32 Å². The van der Waals surface area contributed by atoms with Gasteiger partial charge in [-0.3, -0.25) is 18.6 Å². The second-order valence-electron chi connectivity index (χ2n) is 11.7. The van der Waals surface area contributed by atoms with Gasteiger partial charge in [0, 0.05) is 12.8 Å². The molecule has 0 aromatic carbocycles. The van der Waals surface area contributed by atoms with Crippen molar-refractivity contribution in [2.75, 3.05) is 19.8 Å². The Hall–Kier alpha value is -2.30. The van der Waals surface area contributed by atoms with Gasteiger partial charge in [0.1, 0.15) is 12.7 Å². The second-order valence-corrected chi connectivity index (χ2v) is 13.1. The molecule has 272 valence electrons. The lowest BCUT2D eigenvalue weighted by atomic mass is 10.1. The Labute approximate surface area is 282 Å². The molecule has 1 amide bonds. The fraction of sp³-hybridized carbons (Fsp3) is 0.743. The summed E-state index contributed by atoms with van der Waals surface area (Å²) in [7, 11) is -4.75. The molecule has 47 heavy (non-hydrogen) atoms. The van der Waals surface area contributed by atoms with Crippen LogP contribution in [0.15, 0.2) is 36.5 Å². The van der Waals surface area contributed by atoms with Gasteiger partial charge in [-0.2, -0.15) is 0 Å². The maximum absolute atomic E-state index is 12.2. The third kappa shape index (κ3) is 30.8. The van der Waals surface area contributed by atoms with Crippen LogP contribution in [0.5, 0.6) is 0 Å². The van der Waals surface area contributed by atoms with E-state index in [4.69, 9.17) is 13.8 Å². The van der Waals surface area contributed by atoms with Crippen LogP contribution in [0.4, 0.5) is 0 Å². The highest BCUT2D eigenvalue weighted by molar-refractivity contribution is 7.47. The number of aliphatic hydroxyl groups excluding tert-OH is 1. The summed E-state index contributed by atoms with van der Waals surface area (Å²) in [5, 5.41) is 21.6. The highest BCUT2D eigenvalue weighted by atomic mass is 31.2. The molecule has 0 aliphatic heterocycles. The van der Waals surface area contributed by atoms with E-state index in [0.717, 1.165) is 57.8 Å². The Morgan fingerprint density at radius 3 is 1.85 bits per heavy atom. The van der Waals surface area contributed by atoms with Crippen LogP contribution in [-0.2, 0) is 32.7 Å². The number of phosphoric acid groups is 1. The Kier molecular flexibility index (Phi) is 29.5. The van der Waals surface area contributed by atoms with Crippen molar-refractivity contribution in [2.45, 2.75) is 148 Å². The van der Waals surface area contributed by atoms with E-state index in [1.807, 2.05) is 0 Å². The molecule has 0 radical (unpaired) electrons. The van der Waals surface area contributed by atoms with Crippen LogP contribution >= 0.6 is 7.82 Å². The van der Waals surface area contributed by atoms with E-state index in [9.17, 15) is 34.1 Å². The predicted octanol–water partition coefficient (Wildman–Crippen LogP) is 7.71. The smallest absolute Gasteiger partial charge is 0.472 e. The number of aliphatic carboxylic acids is 1. The first-order chi connectivity index (χ1) is 22.6. The number of phosphoric ester groups is 1. The van der Waals surface area contributed by atoms with Gasteiger partial charge in [0.05, 0.1) is 13.2 Å². The average molecular weight is 688 g/mol. The van der Waals surface area contributed by atoms with Gasteiger partial charge < -0.3 is 25.2 Å². The first-order valence-corrected chi connectivity index (χ1v) is 19.0. The zero-order chi connectivity index (χ0) is 35.0. The highest BCUT2D eigenvalue weighted by Gasteiger charge is 2.28. The molecule has 0 aromatic rings. The highest BCUT2D eigenvalue weighted by Crippen LogP contribution is 2.43. The molecule has 0 heterocycles. The summed E-state index contributed by atoms with van der Waals surface area (Å²) in [5.74, 6) is -2.41. The maximum Gasteiger partial charge on any atom is 0.472 e. The molecule has 0 bridgehead atoms. The Bertz CT molecular complexity index is 953. The van der Waals surface area contributed by atoms with Gasteiger partial charge in [0.2, 0.25) is 5.91 Å². The molecule has 0 aliphatic rings. The lowest BCUT2D eigenvalue weighted by molar-refractivity contribution is -0.147. The second kappa shape index (κ2) is 31.0. The molecule has 0 rings (SSSR count). The van der Waals surface area contributed by atoms with E-state index in [0.29, 0.717) is 12.8 Å². The molecule has 0 fully saturated rings. The molecule has 0 aliphatic carbocycles. The van der Waals surface area contributed by atoms with E-state index in [1.165, 1.54) is 38.5 Å². The maximum atomic E-state index is 12.2. The van der Waals surface area contributed by atoms with Gasteiger partial charge in [0.15, 0.2) is 6.04 Å². The number of hydrogen-bond donors (Lipinski definition) is 4. The number of allylic oxidation sites excluding steroid dienone is 6. The molecule has 11 nitrogen and oxygen atoms in total. The Morgan fingerprint density at radius 2 is 1.23 bits per heavy atom. The largest absolute Gasteiger partial charge is 0.480 e. The van der Waals surface area contributed by atoms with Gasteiger partial charge in [0.25, 0.3) is 0 Å². The van der Waals surface area contributed by atoms with E-state index < -0.39 is 57.6 Å². The molecule has 4 N–H and O–H groups in total. The number of hydrogen-bond acceptors (Lipinski definition) is 8. The summed E-state index contributed by atoms with van der Waals surface area (Å²) in [4.78, 5) is 45.5. The molecule has 0 saturated heterocycles. The third-order valence-electron chi connectivity index (χ3n) is 7.19. The molecular formula is C35H62NO10P. The molecular weight excluding hydrogens is 625 g/mol. The van der Waals surface area contributed by atoms with Crippen molar-refractivity contribution in [3.05, 3.63) is 36.5 Å². The SMILES string of the molecule is CC/C=C\C/C=C\C/C=C\CCCCCC(=O)OCC(O)COP(=O)(O)OCC(NC(=O)CCCCCCCCCCCC)C(=O)O. The standard InChI is InChI=1S/C35H62NO10P/c1-3-5-7-9-11-13-15-16-17-19-21-23-25-27-34(39)44-28-31(37)29-45-47(42,43)46-30-32(35(40)41)36-33(38)26-24-22-20-18-14-12-10-8-6-4-2/h5,7,11,13,16-17,31-32,37H,3-4,6,8-10,12,14-15,18-30H2,1-2H3,(H,36,38)(H,40,41)(H,42,43)/b7-5-,13-11-,17-16-. The van der Waals surface area contributed by atoms with Gasteiger partial charge >= 0.3 is 19.8 Å². The summed E-state index contributed by atoms with van der Waals surface area (Å²) in [5.41, 5.74) is 0. The number of amides is 1. The summed E-state index contributed by atoms with van der Waals surface area (Å²) in [6, 6.07) is -1.54. The number of esters is 1. The van der Waals surface area contributed by atoms with Gasteiger partial charge in [-0.05, 0) is 44.9 Å². The quantitative estimate of drug-likeness (QED) is 0.0238. The lowest BCUT2D eigenvalue weighted by Gasteiger charge is -2.18. The first-order valence-electron chi connectivity index (χ1n) is 17.5. The van der Waals surface area contributed by atoms with Crippen LogP contribution in [0.25, 0.3) is 0 Å². The van der Waals surface area contributed by atoms with Crippen LogP contribution in [-0.4, -0.2) is 64.9 Å². The van der Waals surface area contributed by atoms with Crippen molar-refractivity contribution < 1.29 is 47.8 Å². The van der Waals surface area contributed by atoms with Crippen LogP contribution in [0.3, 0.4) is 0 Å². The Morgan fingerprint density at radius 1 is 0.702 bits per heavy atom. The molecule has 0 spiro atoms. The average Bonchev–Trinajstić information content (AvgIpc) is 3.04. The number of nitrogens with one attached hydrogen (secondary N) is 1. The molecule has 12 heteroatoms. The van der Waals surface area contributed by atoms with E-state index in [2.05, 4.69) is 55.6 Å². The minimum absolute atomic E-state index is 0.144. The zero-order valence-corrected chi connectivity index (χ0v) is 29.7. The summed E-state index contributed by atoms with van der Waals surface area (Å²) < 4.78 is 26.6. The topological polar surface area (TPSA) is 169 Å². The van der Waals surface area contributed by atoms with Crippen molar-refractivity contribution in [3.63, 3.8) is 0 Å². The van der Waals surface area contributed by atoms with Gasteiger partial charge in [-0.1, -0.05) is 115 Å². The number of carbonyl (C=O) groups is 3. The summed E-state index contributed by atoms with van der Waals surface area (Å²) >= 11 is 0. The normalized spacial score (nSPS) is 14.5. The monoisotopic (exact) mass is 687 g/mol. The van der Waals surface area contributed by atoms with Crippen molar-refractivity contribution >= 4 is 25.7 Å².